The lowest BCUT2D eigenvalue weighted by Crippen LogP contribution is -2.32. The summed E-state index contributed by atoms with van der Waals surface area (Å²) < 4.78 is 2.64. The number of nitrogens with zero attached hydrogens (tertiary/aromatic N) is 3. The van der Waals surface area contributed by atoms with E-state index in [1.807, 2.05) is 18.2 Å². The lowest BCUT2D eigenvalue weighted by molar-refractivity contribution is 0.0911. The molecule has 0 spiro atoms. The summed E-state index contributed by atoms with van der Waals surface area (Å²) in [6.45, 7) is 3.77. The van der Waals surface area contributed by atoms with E-state index in [1.54, 1.807) is 47.0 Å². The molecule has 3 aromatic rings. The van der Waals surface area contributed by atoms with E-state index in [0.29, 0.717) is 28.7 Å². The van der Waals surface area contributed by atoms with Gasteiger partial charge in [-0.25, -0.2) is 0 Å². The molecule has 1 amide bonds. The monoisotopic (exact) mass is 500 g/mol. The van der Waals surface area contributed by atoms with Crippen LogP contribution in [0.2, 0.25) is 0 Å². The van der Waals surface area contributed by atoms with Gasteiger partial charge in [-0.3, -0.25) is 9.59 Å². The van der Waals surface area contributed by atoms with Gasteiger partial charge in [-0.05, 0) is 24.3 Å². The molecule has 0 saturated heterocycles. The largest absolute Gasteiger partial charge is 0.394 e. The van der Waals surface area contributed by atoms with Crippen molar-refractivity contribution in [2.45, 2.75) is 17.7 Å². The molecule has 7 nitrogen and oxygen atoms in total. The Balaban J connectivity index is 1.75. The second kappa shape index (κ2) is 11.0. The first-order valence-corrected chi connectivity index (χ1v) is 11.2. The maximum Gasteiger partial charge on any atom is 0.251 e. The summed E-state index contributed by atoms with van der Waals surface area (Å²) in [6.07, 6.45) is 1.67. The van der Waals surface area contributed by atoms with Crippen LogP contribution in [0.5, 0.6) is 0 Å². The van der Waals surface area contributed by atoms with E-state index in [0.717, 1.165) is 4.47 Å². The van der Waals surface area contributed by atoms with Gasteiger partial charge in [-0.2, -0.15) is 0 Å². The van der Waals surface area contributed by atoms with E-state index in [1.165, 1.54) is 11.8 Å². The number of amides is 1. The van der Waals surface area contributed by atoms with Crippen molar-refractivity contribution in [1.82, 2.24) is 20.1 Å². The predicted octanol–water partition coefficient (Wildman–Crippen LogP) is 3.67. The number of carbonyl (C=O) groups is 2. The Labute approximate surface area is 192 Å². The summed E-state index contributed by atoms with van der Waals surface area (Å²) in [6, 6.07) is 15.1. The van der Waals surface area contributed by atoms with Crippen LogP contribution in [-0.2, 0) is 6.54 Å². The summed E-state index contributed by atoms with van der Waals surface area (Å²) in [4.78, 5) is 25.0. The zero-order chi connectivity index (χ0) is 22.2. The number of nitrogens with one attached hydrogen (secondary N) is 1. The molecule has 0 aliphatic carbocycles. The lowest BCUT2D eigenvalue weighted by Gasteiger charge is -2.17. The lowest BCUT2D eigenvalue weighted by atomic mass is 10.2. The average molecular weight is 501 g/mol. The summed E-state index contributed by atoms with van der Waals surface area (Å²) in [5.41, 5.74) is 1.08. The van der Waals surface area contributed by atoms with Gasteiger partial charge in [0.1, 0.15) is 6.04 Å². The Morgan fingerprint density at radius 3 is 2.48 bits per heavy atom. The number of aliphatic hydroxyl groups is 1. The zero-order valence-corrected chi connectivity index (χ0v) is 19.0. The van der Waals surface area contributed by atoms with Crippen molar-refractivity contribution in [3.8, 4) is 0 Å². The maximum absolute atomic E-state index is 12.5. The van der Waals surface area contributed by atoms with Gasteiger partial charge >= 0.3 is 0 Å². The molecular weight excluding hydrogens is 480 g/mol. The first-order valence-electron chi connectivity index (χ1n) is 9.45. The quantitative estimate of drug-likeness (QED) is 0.250. The van der Waals surface area contributed by atoms with Gasteiger partial charge in [0.15, 0.2) is 16.8 Å². The molecule has 0 aliphatic rings. The molecule has 1 aromatic heterocycles. The molecule has 1 heterocycles. The molecule has 31 heavy (non-hydrogen) atoms. The number of carbonyl (C=O) groups excluding carboxylic acids is 2. The Kier molecular flexibility index (Phi) is 8.16. The number of aromatic nitrogens is 3. The second-order valence-corrected chi connectivity index (χ2v) is 8.39. The first-order chi connectivity index (χ1) is 15.0. The second-order valence-electron chi connectivity index (χ2n) is 6.53. The van der Waals surface area contributed by atoms with Gasteiger partial charge in [-0.15, -0.1) is 16.8 Å². The van der Waals surface area contributed by atoms with Gasteiger partial charge < -0.3 is 15.0 Å². The van der Waals surface area contributed by atoms with Crippen molar-refractivity contribution in [2.75, 3.05) is 12.4 Å². The summed E-state index contributed by atoms with van der Waals surface area (Å²) >= 11 is 4.60. The van der Waals surface area contributed by atoms with Crippen molar-refractivity contribution in [1.29, 1.82) is 0 Å². The van der Waals surface area contributed by atoms with Crippen LogP contribution < -0.4 is 5.32 Å². The van der Waals surface area contributed by atoms with Crippen LogP contribution in [0.3, 0.4) is 0 Å². The van der Waals surface area contributed by atoms with Crippen molar-refractivity contribution >= 4 is 39.4 Å². The number of Topliss-reactive ketones (excluding diaryl/α,β-unsaturated/α-hetero) is 1. The fraction of sp³-hybridized carbons (Fsp3) is 0.182. The molecular formula is C22H21BrN4O3S. The van der Waals surface area contributed by atoms with Crippen molar-refractivity contribution in [2.24, 2.45) is 0 Å². The molecule has 160 valence electrons. The van der Waals surface area contributed by atoms with Crippen molar-refractivity contribution in [3.05, 3.63) is 88.7 Å². The number of hydrogen-bond acceptors (Lipinski definition) is 6. The minimum atomic E-state index is -0.753. The minimum absolute atomic E-state index is 0.0386. The van der Waals surface area contributed by atoms with Gasteiger partial charge in [-0.1, -0.05) is 64.1 Å². The average Bonchev–Trinajstić information content (AvgIpc) is 3.19. The van der Waals surface area contributed by atoms with Crippen LogP contribution in [-0.4, -0.2) is 43.9 Å². The number of aliphatic hydroxyl groups excluding tert-OH is 1. The Morgan fingerprint density at radius 1 is 1.13 bits per heavy atom. The van der Waals surface area contributed by atoms with E-state index in [4.69, 9.17) is 0 Å². The van der Waals surface area contributed by atoms with Gasteiger partial charge in [0.2, 0.25) is 0 Å². The number of halogens is 1. The standard InChI is InChI=1S/C22H21BrN4O3S/c1-2-12-27-20(18(13-28)24-21(30)16-6-4-3-5-7-16)25-26-22(27)31-14-19(29)15-8-10-17(23)11-9-15/h2-11,18,28H,1,12-14H2,(H,24,30)/t18-/m0/s1. The predicted molar refractivity (Wildman–Crippen MR) is 123 cm³/mol. The van der Waals surface area contributed by atoms with E-state index in [2.05, 4.69) is 38.0 Å². The fourth-order valence-electron chi connectivity index (χ4n) is 2.84. The van der Waals surface area contributed by atoms with Crippen molar-refractivity contribution in [3.63, 3.8) is 0 Å². The van der Waals surface area contributed by atoms with Gasteiger partial charge in [0.05, 0.1) is 12.4 Å². The highest BCUT2D eigenvalue weighted by molar-refractivity contribution is 9.10. The van der Waals surface area contributed by atoms with Gasteiger partial charge in [0, 0.05) is 22.1 Å². The third-order valence-electron chi connectivity index (χ3n) is 4.39. The van der Waals surface area contributed by atoms with Crippen molar-refractivity contribution < 1.29 is 14.7 Å². The topological polar surface area (TPSA) is 97.1 Å². The molecule has 0 unspecified atom stereocenters. The third-order valence-corrected chi connectivity index (χ3v) is 5.89. The Hall–Kier alpha value is -2.75. The number of thioether (sulfide) groups is 1. The number of ketones is 1. The number of allylic oxidation sites excluding steroid dienone is 1. The van der Waals surface area contributed by atoms with Crippen LogP contribution in [0.1, 0.15) is 32.6 Å². The highest BCUT2D eigenvalue weighted by Crippen LogP contribution is 2.22. The number of rotatable bonds is 10. The molecule has 0 bridgehead atoms. The molecule has 0 aliphatic heterocycles. The Morgan fingerprint density at radius 2 is 1.84 bits per heavy atom. The minimum Gasteiger partial charge on any atom is -0.394 e. The van der Waals surface area contributed by atoms with E-state index in [9.17, 15) is 14.7 Å². The fourth-order valence-corrected chi connectivity index (χ4v) is 3.95. The van der Waals surface area contributed by atoms with Crippen LogP contribution >= 0.6 is 27.7 Å². The number of benzene rings is 2. The summed E-state index contributed by atoms with van der Waals surface area (Å²) in [7, 11) is 0. The molecule has 0 radical (unpaired) electrons. The SMILES string of the molecule is C=CCn1c(SCC(=O)c2ccc(Br)cc2)nnc1[C@H](CO)NC(=O)c1ccccc1. The summed E-state index contributed by atoms with van der Waals surface area (Å²) in [5.74, 6) is 0.206. The molecule has 9 heteroatoms. The molecule has 0 fully saturated rings. The molecule has 1 atom stereocenters. The molecule has 2 aromatic carbocycles. The highest BCUT2D eigenvalue weighted by Gasteiger charge is 2.23. The molecule has 2 N–H and O–H groups in total. The normalized spacial score (nSPS) is 11.7. The van der Waals surface area contributed by atoms with E-state index >= 15 is 0 Å². The first kappa shape index (κ1) is 22.9. The number of hydrogen-bond donors (Lipinski definition) is 2. The van der Waals surface area contributed by atoms with Crippen LogP contribution in [0.15, 0.2) is 76.9 Å². The van der Waals surface area contributed by atoms with Crippen LogP contribution in [0, 0.1) is 0 Å². The Bertz CT molecular complexity index is 1050. The molecule has 3 rings (SSSR count). The van der Waals surface area contributed by atoms with Crippen LogP contribution in [0.4, 0.5) is 0 Å². The highest BCUT2D eigenvalue weighted by atomic mass is 79.9. The van der Waals surface area contributed by atoms with E-state index in [-0.39, 0.29) is 24.1 Å². The summed E-state index contributed by atoms with van der Waals surface area (Å²) in [5, 5.41) is 21.5. The van der Waals surface area contributed by atoms with Gasteiger partial charge in [0.25, 0.3) is 5.91 Å². The molecule has 0 saturated carbocycles. The maximum atomic E-state index is 12.5. The third kappa shape index (κ3) is 5.90. The smallest absolute Gasteiger partial charge is 0.251 e. The zero-order valence-electron chi connectivity index (χ0n) is 16.6. The van der Waals surface area contributed by atoms with E-state index < -0.39 is 6.04 Å². The van der Waals surface area contributed by atoms with Crippen LogP contribution in [0.25, 0.3) is 0 Å².